The number of ether oxygens (including phenoxy) is 1. The molecule has 6 heteroatoms. The van der Waals surface area contributed by atoms with Gasteiger partial charge in [-0.25, -0.2) is 4.79 Å². The zero-order valence-electron chi connectivity index (χ0n) is 14.5. The smallest absolute Gasteiger partial charge is 0.317 e. The first kappa shape index (κ1) is 18.1. The lowest BCUT2D eigenvalue weighted by molar-refractivity contribution is -0.121. The Morgan fingerprint density at radius 2 is 2.17 bits per heavy atom. The van der Waals surface area contributed by atoms with Gasteiger partial charge in [-0.05, 0) is 36.5 Å². The van der Waals surface area contributed by atoms with Gasteiger partial charge in [0, 0.05) is 32.6 Å². The third-order valence-electron chi connectivity index (χ3n) is 4.29. The summed E-state index contributed by atoms with van der Waals surface area (Å²) < 4.78 is 5.19. The van der Waals surface area contributed by atoms with Gasteiger partial charge in [0.05, 0.1) is 7.11 Å². The lowest BCUT2D eigenvalue weighted by Crippen LogP contribution is -2.47. The Balaban J connectivity index is 1.79. The van der Waals surface area contributed by atoms with Crippen LogP contribution in [0, 0.1) is 5.92 Å². The summed E-state index contributed by atoms with van der Waals surface area (Å²) in [6, 6.07) is 7.62. The lowest BCUT2D eigenvalue weighted by Gasteiger charge is -2.32. The molecule has 0 saturated carbocycles. The highest BCUT2D eigenvalue weighted by Gasteiger charge is 2.23. The summed E-state index contributed by atoms with van der Waals surface area (Å²) in [5, 5.41) is 5.88. The second kappa shape index (κ2) is 9.15. The number of nitrogens with zero attached hydrogens (tertiary/aromatic N) is 1. The molecule has 0 spiro atoms. The van der Waals surface area contributed by atoms with E-state index in [2.05, 4.69) is 10.6 Å². The molecule has 1 aliphatic rings. The molecule has 1 saturated heterocycles. The van der Waals surface area contributed by atoms with Crippen LogP contribution in [0.25, 0.3) is 0 Å². The number of nitrogens with one attached hydrogen (secondary N) is 2. The van der Waals surface area contributed by atoms with Gasteiger partial charge in [0.2, 0.25) is 5.91 Å². The molecule has 3 amide bonds. The van der Waals surface area contributed by atoms with E-state index in [0.29, 0.717) is 32.0 Å². The van der Waals surface area contributed by atoms with Crippen LogP contribution in [0.5, 0.6) is 5.75 Å². The third-order valence-corrected chi connectivity index (χ3v) is 4.29. The predicted molar refractivity (Wildman–Crippen MR) is 92.8 cm³/mol. The fourth-order valence-electron chi connectivity index (χ4n) is 2.87. The summed E-state index contributed by atoms with van der Waals surface area (Å²) in [6.07, 6.45) is 2.51. The maximum Gasteiger partial charge on any atom is 0.317 e. The standard InChI is InChI=1S/C18H27N3O3/c1-3-17(22)19-12-15-7-5-9-21(13-15)18(23)20-11-14-6-4-8-16(10-14)24-2/h4,6,8,10,15H,3,5,7,9,11-13H2,1-2H3,(H,19,22)(H,20,23)/t15-/m1/s1. The minimum Gasteiger partial charge on any atom is -0.497 e. The van der Waals surface area contributed by atoms with Crippen molar-refractivity contribution in [3.63, 3.8) is 0 Å². The van der Waals surface area contributed by atoms with Crippen molar-refractivity contribution < 1.29 is 14.3 Å². The Bertz CT molecular complexity index is 562. The predicted octanol–water partition coefficient (Wildman–Crippen LogP) is 2.14. The van der Waals surface area contributed by atoms with Crippen molar-refractivity contribution in [2.45, 2.75) is 32.7 Å². The molecule has 1 atom stereocenters. The summed E-state index contributed by atoms with van der Waals surface area (Å²) >= 11 is 0. The van der Waals surface area contributed by atoms with E-state index in [1.807, 2.05) is 36.1 Å². The first-order chi connectivity index (χ1) is 11.6. The molecule has 6 nitrogen and oxygen atoms in total. The number of likely N-dealkylation sites (tertiary alicyclic amines) is 1. The van der Waals surface area contributed by atoms with Gasteiger partial charge in [-0.3, -0.25) is 4.79 Å². The highest BCUT2D eigenvalue weighted by atomic mass is 16.5. The number of hydrogen-bond donors (Lipinski definition) is 2. The molecule has 1 fully saturated rings. The molecule has 1 aromatic carbocycles. The molecule has 0 aliphatic carbocycles. The van der Waals surface area contributed by atoms with Crippen molar-refractivity contribution >= 4 is 11.9 Å². The van der Waals surface area contributed by atoms with Crippen molar-refractivity contribution in [1.82, 2.24) is 15.5 Å². The zero-order valence-corrected chi connectivity index (χ0v) is 14.5. The maximum absolute atomic E-state index is 12.4. The molecule has 0 aromatic heterocycles. The van der Waals surface area contributed by atoms with Crippen LogP contribution in [0.4, 0.5) is 4.79 Å². The molecule has 132 valence electrons. The van der Waals surface area contributed by atoms with Gasteiger partial charge >= 0.3 is 6.03 Å². The quantitative estimate of drug-likeness (QED) is 0.838. The van der Waals surface area contributed by atoms with Gasteiger partial charge < -0.3 is 20.3 Å². The average Bonchev–Trinajstić information content (AvgIpc) is 2.64. The van der Waals surface area contributed by atoms with Crippen LogP contribution in [0.15, 0.2) is 24.3 Å². The van der Waals surface area contributed by atoms with Gasteiger partial charge in [-0.2, -0.15) is 0 Å². The van der Waals surface area contributed by atoms with Crippen LogP contribution in [0.2, 0.25) is 0 Å². The number of rotatable bonds is 6. The number of hydrogen-bond acceptors (Lipinski definition) is 3. The Kier molecular flexibility index (Phi) is 6.90. The number of benzene rings is 1. The van der Waals surface area contributed by atoms with E-state index in [9.17, 15) is 9.59 Å². The van der Waals surface area contributed by atoms with Gasteiger partial charge in [0.1, 0.15) is 5.75 Å². The number of piperidine rings is 1. The molecule has 0 bridgehead atoms. The number of amides is 3. The molecule has 1 aliphatic heterocycles. The summed E-state index contributed by atoms with van der Waals surface area (Å²) in [6.45, 7) is 4.42. The topological polar surface area (TPSA) is 70.7 Å². The Labute approximate surface area is 143 Å². The molecule has 24 heavy (non-hydrogen) atoms. The second-order valence-electron chi connectivity index (χ2n) is 6.12. The molecule has 0 unspecified atom stereocenters. The van der Waals surface area contributed by atoms with E-state index >= 15 is 0 Å². The van der Waals surface area contributed by atoms with Gasteiger partial charge in [-0.1, -0.05) is 19.1 Å². The minimum absolute atomic E-state index is 0.0515. The van der Waals surface area contributed by atoms with Crippen molar-refractivity contribution in [2.75, 3.05) is 26.7 Å². The number of methoxy groups -OCH3 is 1. The normalized spacial score (nSPS) is 17.2. The maximum atomic E-state index is 12.4. The number of urea groups is 1. The summed E-state index contributed by atoms with van der Waals surface area (Å²) in [5.41, 5.74) is 1.01. The molecule has 2 rings (SSSR count). The van der Waals surface area contributed by atoms with E-state index < -0.39 is 0 Å². The zero-order chi connectivity index (χ0) is 17.4. The van der Waals surface area contributed by atoms with Crippen LogP contribution < -0.4 is 15.4 Å². The Morgan fingerprint density at radius 1 is 1.33 bits per heavy atom. The van der Waals surface area contributed by atoms with Crippen molar-refractivity contribution in [3.05, 3.63) is 29.8 Å². The highest BCUT2D eigenvalue weighted by molar-refractivity contribution is 5.75. The first-order valence-corrected chi connectivity index (χ1v) is 8.54. The lowest BCUT2D eigenvalue weighted by atomic mass is 9.98. The van der Waals surface area contributed by atoms with Crippen LogP contribution >= 0.6 is 0 Å². The second-order valence-corrected chi connectivity index (χ2v) is 6.12. The molecule has 1 heterocycles. The largest absolute Gasteiger partial charge is 0.497 e. The minimum atomic E-state index is -0.0515. The van der Waals surface area contributed by atoms with Crippen LogP contribution in [0.3, 0.4) is 0 Å². The first-order valence-electron chi connectivity index (χ1n) is 8.54. The summed E-state index contributed by atoms with van der Waals surface area (Å²) in [4.78, 5) is 25.6. The van der Waals surface area contributed by atoms with Crippen molar-refractivity contribution in [3.8, 4) is 5.75 Å². The molecule has 0 radical (unpaired) electrons. The van der Waals surface area contributed by atoms with Crippen molar-refractivity contribution in [2.24, 2.45) is 5.92 Å². The molecule has 1 aromatic rings. The monoisotopic (exact) mass is 333 g/mol. The van der Waals surface area contributed by atoms with Gasteiger partial charge in [0.15, 0.2) is 0 Å². The van der Waals surface area contributed by atoms with E-state index in [0.717, 1.165) is 30.7 Å². The number of carbonyl (C=O) groups excluding carboxylic acids is 2. The summed E-state index contributed by atoms with van der Waals surface area (Å²) in [5.74, 6) is 1.18. The fourth-order valence-corrected chi connectivity index (χ4v) is 2.87. The molecule has 2 N–H and O–H groups in total. The Morgan fingerprint density at radius 3 is 2.92 bits per heavy atom. The summed E-state index contributed by atoms with van der Waals surface area (Å²) in [7, 11) is 1.63. The van der Waals surface area contributed by atoms with E-state index in [1.54, 1.807) is 7.11 Å². The van der Waals surface area contributed by atoms with Crippen LogP contribution in [0.1, 0.15) is 31.7 Å². The third kappa shape index (κ3) is 5.44. The number of carbonyl (C=O) groups is 2. The van der Waals surface area contributed by atoms with Crippen molar-refractivity contribution in [1.29, 1.82) is 0 Å². The van der Waals surface area contributed by atoms with E-state index in [1.165, 1.54) is 0 Å². The molecular formula is C18H27N3O3. The van der Waals surface area contributed by atoms with E-state index in [4.69, 9.17) is 4.74 Å². The van der Waals surface area contributed by atoms with Gasteiger partial charge in [0.25, 0.3) is 0 Å². The highest BCUT2D eigenvalue weighted by Crippen LogP contribution is 2.16. The fraction of sp³-hybridized carbons (Fsp3) is 0.556. The average molecular weight is 333 g/mol. The van der Waals surface area contributed by atoms with E-state index in [-0.39, 0.29) is 11.9 Å². The molecular weight excluding hydrogens is 306 g/mol. The van der Waals surface area contributed by atoms with Crippen LogP contribution in [-0.2, 0) is 11.3 Å². The Hall–Kier alpha value is -2.24. The van der Waals surface area contributed by atoms with Crippen LogP contribution in [-0.4, -0.2) is 43.6 Å². The van der Waals surface area contributed by atoms with Gasteiger partial charge in [-0.15, -0.1) is 0 Å². The SMILES string of the molecule is CCC(=O)NC[C@H]1CCCN(C(=O)NCc2cccc(OC)c2)C1.